The Morgan fingerprint density at radius 3 is 2.90 bits per heavy atom. The lowest BCUT2D eigenvalue weighted by atomic mass is 10.3. The molecular weight excluding hydrogens is 308 g/mol. The molecule has 1 saturated heterocycles. The molecule has 2 aliphatic rings. The van der Waals surface area contributed by atoms with Gasteiger partial charge in [-0.25, -0.2) is 4.98 Å². The molecule has 1 atom stereocenters. The lowest BCUT2D eigenvalue weighted by Gasteiger charge is -2.17. The number of thioether (sulfide) groups is 1. The number of carbonyl (C=O) groups is 2. The molecule has 0 unspecified atom stereocenters. The number of nitrogens with zero attached hydrogens (tertiary/aromatic N) is 3. The maximum atomic E-state index is 12.2. The monoisotopic (exact) mass is 324 g/mol. The largest absolute Gasteiger partial charge is 0.344 e. The fourth-order valence-corrected chi connectivity index (χ4v) is 3.84. The summed E-state index contributed by atoms with van der Waals surface area (Å²) < 4.78 is 0. The van der Waals surface area contributed by atoms with E-state index in [-0.39, 0.29) is 17.9 Å². The molecule has 112 valence electrons. The van der Waals surface area contributed by atoms with Crippen LogP contribution in [0.15, 0.2) is 15.9 Å². The number of amides is 2. The van der Waals surface area contributed by atoms with Crippen molar-refractivity contribution in [1.29, 1.82) is 0 Å². The number of carbonyl (C=O) groups excluding carboxylic acids is 2. The predicted molar refractivity (Wildman–Crippen MR) is 83.9 cm³/mol. The van der Waals surface area contributed by atoms with Gasteiger partial charge in [-0.3, -0.25) is 14.6 Å². The molecule has 1 N–H and O–H groups in total. The van der Waals surface area contributed by atoms with Crippen LogP contribution in [0, 0.1) is 0 Å². The van der Waals surface area contributed by atoms with E-state index in [2.05, 4.69) is 15.3 Å². The number of aliphatic imine (C=N–C) groups is 1. The van der Waals surface area contributed by atoms with Crippen molar-refractivity contribution in [1.82, 2.24) is 15.2 Å². The molecule has 0 radical (unpaired) electrons. The van der Waals surface area contributed by atoms with Crippen LogP contribution in [-0.2, 0) is 4.79 Å². The maximum Gasteiger partial charge on any atom is 0.271 e. The van der Waals surface area contributed by atoms with E-state index in [9.17, 15) is 9.59 Å². The van der Waals surface area contributed by atoms with Gasteiger partial charge in [-0.05, 0) is 12.8 Å². The number of thiazole rings is 1. The average Bonchev–Trinajstić information content (AvgIpc) is 3.26. The van der Waals surface area contributed by atoms with Crippen LogP contribution in [0.3, 0.4) is 0 Å². The Hall–Kier alpha value is -1.41. The summed E-state index contributed by atoms with van der Waals surface area (Å²) in [6.45, 7) is 2.07. The van der Waals surface area contributed by atoms with Crippen molar-refractivity contribution in [3.63, 3.8) is 0 Å². The lowest BCUT2D eigenvalue weighted by Crippen LogP contribution is -2.36. The van der Waals surface area contributed by atoms with Gasteiger partial charge in [-0.2, -0.15) is 0 Å². The van der Waals surface area contributed by atoms with Crippen molar-refractivity contribution in [2.75, 3.05) is 25.4 Å². The van der Waals surface area contributed by atoms with Gasteiger partial charge in [0.25, 0.3) is 5.91 Å². The van der Waals surface area contributed by atoms with Crippen LogP contribution < -0.4 is 5.32 Å². The summed E-state index contributed by atoms with van der Waals surface area (Å²) >= 11 is 2.93. The predicted octanol–water partition coefficient (Wildman–Crippen LogP) is 1.01. The first-order valence-corrected chi connectivity index (χ1v) is 8.81. The second-order valence-corrected chi connectivity index (χ2v) is 6.75. The zero-order valence-corrected chi connectivity index (χ0v) is 13.1. The van der Waals surface area contributed by atoms with Crippen molar-refractivity contribution in [2.24, 2.45) is 4.99 Å². The molecule has 1 fully saturated rings. The highest BCUT2D eigenvalue weighted by atomic mass is 32.2. The highest BCUT2D eigenvalue weighted by Gasteiger charge is 2.30. The fourth-order valence-electron chi connectivity index (χ4n) is 2.37. The first-order valence-electron chi connectivity index (χ1n) is 6.88. The van der Waals surface area contributed by atoms with Crippen molar-refractivity contribution in [2.45, 2.75) is 18.9 Å². The summed E-state index contributed by atoms with van der Waals surface area (Å²) in [7, 11) is 0. The fraction of sp³-hybridized carbons (Fsp3) is 0.538. The van der Waals surface area contributed by atoms with Crippen LogP contribution in [0.5, 0.6) is 0 Å². The van der Waals surface area contributed by atoms with Crippen molar-refractivity contribution in [3.05, 3.63) is 16.6 Å². The molecule has 8 heteroatoms. The van der Waals surface area contributed by atoms with Crippen molar-refractivity contribution in [3.8, 4) is 0 Å². The van der Waals surface area contributed by atoms with Gasteiger partial charge in [0.05, 0.1) is 17.1 Å². The molecule has 0 saturated carbocycles. The van der Waals surface area contributed by atoms with Gasteiger partial charge >= 0.3 is 0 Å². The van der Waals surface area contributed by atoms with E-state index in [1.54, 1.807) is 22.7 Å². The van der Waals surface area contributed by atoms with Crippen molar-refractivity contribution < 1.29 is 9.59 Å². The number of hydrogen-bond donors (Lipinski definition) is 1. The second kappa shape index (κ2) is 6.57. The van der Waals surface area contributed by atoms with Crippen LogP contribution in [0.1, 0.15) is 23.3 Å². The van der Waals surface area contributed by atoms with Crippen molar-refractivity contribution >= 4 is 40.0 Å². The SMILES string of the molecule is O=C(NCC1=N[C@@H](C(=O)N2CCCC2)CS1)c1cscn1. The Kier molecular flexibility index (Phi) is 4.54. The normalized spacial score (nSPS) is 21.4. The van der Waals surface area contributed by atoms with Crippen LogP contribution in [-0.4, -0.2) is 58.2 Å². The number of aromatic nitrogens is 1. The molecule has 2 aliphatic heterocycles. The third-order valence-electron chi connectivity index (χ3n) is 3.48. The summed E-state index contributed by atoms with van der Waals surface area (Å²) in [5.41, 5.74) is 2.05. The Morgan fingerprint density at radius 2 is 2.19 bits per heavy atom. The molecule has 0 bridgehead atoms. The van der Waals surface area contributed by atoms with Crippen LogP contribution >= 0.6 is 23.1 Å². The zero-order valence-electron chi connectivity index (χ0n) is 11.4. The zero-order chi connectivity index (χ0) is 14.7. The van der Waals surface area contributed by atoms with Crippen LogP contribution in [0.4, 0.5) is 0 Å². The third-order valence-corrected chi connectivity index (χ3v) is 5.13. The van der Waals surface area contributed by atoms with Gasteiger partial charge in [0.2, 0.25) is 5.91 Å². The summed E-state index contributed by atoms with van der Waals surface area (Å²) in [5, 5.41) is 5.31. The Balaban J connectivity index is 1.51. The van der Waals surface area contributed by atoms with Gasteiger partial charge in [-0.15, -0.1) is 23.1 Å². The molecule has 3 heterocycles. The minimum atomic E-state index is -0.278. The van der Waals surface area contributed by atoms with E-state index in [4.69, 9.17) is 0 Å². The minimum Gasteiger partial charge on any atom is -0.344 e. The molecule has 0 spiro atoms. The van der Waals surface area contributed by atoms with Gasteiger partial charge in [-0.1, -0.05) is 0 Å². The highest BCUT2D eigenvalue weighted by molar-refractivity contribution is 8.14. The van der Waals surface area contributed by atoms with Gasteiger partial charge in [0.15, 0.2) is 0 Å². The van der Waals surface area contributed by atoms with Crippen LogP contribution in [0.25, 0.3) is 0 Å². The van der Waals surface area contributed by atoms with E-state index in [0.29, 0.717) is 18.0 Å². The van der Waals surface area contributed by atoms with E-state index in [1.165, 1.54) is 11.3 Å². The molecule has 0 aliphatic carbocycles. The molecule has 2 amide bonds. The molecule has 21 heavy (non-hydrogen) atoms. The first-order chi connectivity index (χ1) is 10.2. The molecule has 1 aromatic heterocycles. The summed E-state index contributed by atoms with van der Waals surface area (Å²) in [5.74, 6) is 0.603. The maximum absolute atomic E-state index is 12.2. The second-order valence-electron chi connectivity index (χ2n) is 4.94. The summed E-state index contributed by atoms with van der Waals surface area (Å²) in [6.07, 6.45) is 2.18. The number of rotatable bonds is 4. The molecule has 1 aromatic rings. The van der Waals surface area contributed by atoms with Gasteiger partial charge in [0, 0.05) is 24.2 Å². The van der Waals surface area contributed by atoms with E-state index < -0.39 is 0 Å². The van der Waals surface area contributed by atoms with E-state index >= 15 is 0 Å². The first kappa shape index (κ1) is 14.5. The number of nitrogens with one attached hydrogen (secondary N) is 1. The average molecular weight is 324 g/mol. The summed E-state index contributed by atoms with van der Waals surface area (Å²) in [4.78, 5) is 34.3. The highest BCUT2D eigenvalue weighted by Crippen LogP contribution is 2.21. The number of hydrogen-bond acceptors (Lipinski definition) is 6. The topological polar surface area (TPSA) is 74.7 Å². The lowest BCUT2D eigenvalue weighted by molar-refractivity contribution is -0.130. The Morgan fingerprint density at radius 1 is 1.38 bits per heavy atom. The van der Waals surface area contributed by atoms with E-state index in [0.717, 1.165) is 31.0 Å². The Labute approximate surface area is 131 Å². The van der Waals surface area contributed by atoms with E-state index in [1.807, 2.05) is 4.90 Å². The smallest absolute Gasteiger partial charge is 0.271 e. The molecule has 0 aromatic carbocycles. The minimum absolute atomic E-state index is 0.126. The molecule has 3 rings (SSSR count). The quantitative estimate of drug-likeness (QED) is 0.897. The third kappa shape index (κ3) is 3.44. The molecule has 6 nitrogen and oxygen atoms in total. The summed E-state index contributed by atoms with van der Waals surface area (Å²) in [6, 6.07) is -0.278. The standard InChI is InChI=1S/C13H16N4O2S2/c18-12(9-6-20-8-15-9)14-5-11-16-10(7-21-11)13(19)17-3-1-2-4-17/h6,8,10H,1-5,7H2,(H,14,18)/t10-/m1/s1. The van der Waals surface area contributed by atoms with Gasteiger partial charge in [0.1, 0.15) is 11.7 Å². The Bertz CT molecular complexity index is 553. The molecular formula is C13H16N4O2S2. The van der Waals surface area contributed by atoms with Gasteiger partial charge < -0.3 is 10.2 Å². The number of likely N-dealkylation sites (tertiary alicyclic amines) is 1. The van der Waals surface area contributed by atoms with Crippen LogP contribution in [0.2, 0.25) is 0 Å².